The van der Waals surface area contributed by atoms with Crippen LogP contribution in [0.2, 0.25) is 0 Å². The Kier molecular flexibility index (Phi) is 5.83. The summed E-state index contributed by atoms with van der Waals surface area (Å²) in [6.07, 6.45) is 3.44. The maximum atomic E-state index is 12.8. The number of rotatable bonds is 6. The topological polar surface area (TPSA) is 75.4 Å². The third-order valence-electron chi connectivity index (χ3n) is 5.02. The molecular formula is C20H27N5O. The van der Waals surface area contributed by atoms with Crippen molar-refractivity contribution in [3.8, 4) is 0 Å². The summed E-state index contributed by atoms with van der Waals surface area (Å²) in [5.41, 5.74) is 6.93. The highest BCUT2D eigenvalue weighted by Gasteiger charge is 2.31. The van der Waals surface area contributed by atoms with E-state index in [1.54, 1.807) is 12.3 Å². The zero-order chi connectivity index (χ0) is 18.5. The molecule has 2 N–H and O–H groups in total. The third-order valence-corrected chi connectivity index (χ3v) is 5.02. The van der Waals surface area contributed by atoms with Crippen molar-refractivity contribution < 1.29 is 4.79 Å². The lowest BCUT2D eigenvalue weighted by atomic mass is 10.00. The molecular weight excluding hydrogens is 326 g/mol. The second-order valence-corrected chi connectivity index (χ2v) is 7.13. The van der Waals surface area contributed by atoms with Crippen molar-refractivity contribution in [2.45, 2.75) is 32.4 Å². The van der Waals surface area contributed by atoms with E-state index in [0.29, 0.717) is 18.4 Å². The lowest BCUT2D eigenvalue weighted by Crippen LogP contribution is -2.38. The summed E-state index contributed by atoms with van der Waals surface area (Å²) < 4.78 is 0. The van der Waals surface area contributed by atoms with Gasteiger partial charge in [0.2, 0.25) is 5.91 Å². The van der Waals surface area contributed by atoms with Crippen LogP contribution in [0.3, 0.4) is 0 Å². The van der Waals surface area contributed by atoms with Crippen molar-refractivity contribution in [3.63, 3.8) is 0 Å². The van der Waals surface area contributed by atoms with Crippen LogP contribution in [0.1, 0.15) is 24.7 Å². The standard InChI is InChI=1S/C20H27N5O/c1-15(12-16-6-4-3-5-7-16)20(26)25-11-9-17(13-25)24(2)14-19-22-10-8-18(21)23-19/h3-8,10,15,17H,9,11-14H2,1-2H3,(H2,21,22,23). The molecule has 1 aliphatic heterocycles. The summed E-state index contributed by atoms with van der Waals surface area (Å²) in [6, 6.07) is 12.2. The maximum Gasteiger partial charge on any atom is 0.225 e. The van der Waals surface area contributed by atoms with Crippen LogP contribution >= 0.6 is 0 Å². The highest BCUT2D eigenvalue weighted by Crippen LogP contribution is 2.20. The van der Waals surface area contributed by atoms with Gasteiger partial charge in [0.15, 0.2) is 0 Å². The molecule has 2 aromatic rings. The minimum absolute atomic E-state index is 0.00119. The van der Waals surface area contributed by atoms with Gasteiger partial charge in [-0.15, -0.1) is 0 Å². The van der Waals surface area contributed by atoms with Gasteiger partial charge >= 0.3 is 0 Å². The Morgan fingerprint density at radius 3 is 2.85 bits per heavy atom. The molecule has 1 aromatic carbocycles. The number of likely N-dealkylation sites (tertiary alicyclic amines) is 1. The van der Waals surface area contributed by atoms with Gasteiger partial charge in [-0.2, -0.15) is 0 Å². The van der Waals surface area contributed by atoms with Crippen molar-refractivity contribution in [2.75, 3.05) is 25.9 Å². The van der Waals surface area contributed by atoms with Crippen LogP contribution in [0.4, 0.5) is 5.82 Å². The first-order valence-electron chi connectivity index (χ1n) is 9.13. The van der Waals surface area contributed by atoms with Gasteiger partial charge < -0.3 is 10.6 Å². The number of amides is 1. The summed E-state index contributed by atoms with van der Waals surface area (Å²) in [6.45, 7) is 4.23. The van der Waals surface area contributed by atoms with Gasteiger partial charge in [0.1, 0.15) is 11.6 Å². The summed E-state index contributed by atoms with van der Waals surface area (Å²) in [4.78, 5) is 25.5. The largest absolute Gasteiger partial charge is 0.384 e. The number of aromatic nitrogens is 2. The van der Waals surface area contributed by atoms with Crippen LogP contribution < -0.4 is 5.73 Å². The molecule has 138 valence electrons. The van der Waals surface area contributed by atoms with E-state index in [2.05, 4.69) is 34.0 Å². The summed E-state index contributed by atoms with van der Waals surface area (Å²) in [5.74, 6) is 1.44. The van der Waals surface area contributed by atoms with E-state index in [0.717, 1.165) is 31.8 Å². The number of nitrogens with zero attached hydrogens (tertiary/aromatic N) is 4. The molecule has 1 saturated heterocycles. The first-order valence-corrected chi connectivity index (χ1v) is 9.13. The number of carbonyl (C=O) groups is 1. The molecule has 1 fully saturated rings. The molecule has 0 bridgehead atoms. The van der Waals surface area contributed by atoms with Gasteiger partial charge in [-0.1, -0.05) is 37.3 Å². The number of likely N-dealkylation sites (N-methyl/N-ethyl adjacent to an activating group) is 1. The first-order chi connectivity index (χ1) is 12.5. The number of hydrogen-bond donors (Lipinski definition) is 1. The molecule has 0 spiro atoms. The van der Waals surface area contributed by atoms with Crippen LogP contribution in [0.15, 0.2) is 42.6 Å². The molecule has 2 unspecified atom stereocenters. The fraction of sp³-hybridized carbons (Fsp3) is 0.450. The monoisotopic (exact) mass is 353 g/mol. The van der Waals surface area contributed by atoms with E-state index >= 15 is 0 Å². The predicted molar refractivity (Wildman–Crippen MR) is 102 cm³/mol. The Labute approximate surface area is 155 Å². The second kappa shape index (κ2) is 8.27. The fourth-order valence-electron chi connectivity index (χ4n) is 3.51. The van der Waals surface area contributed by atoms with Gasteiger partial charge in [0, 0.05) is 31.2 Å². The van der Waals surface area contributed by atoms with Gasteiger partial charge in [-0.25, -0.2) is 9.97 Å². The van der Waals surface area contributed by atoms with Gasteiger partial charge in [0.25, 0.3) is 0 Å². The average Bonchev–Trinajstić information content (AvgIpc) is 3.12. The van der Waals surface area contributed by atoms with Crippen molar-refractivity contribution in [2.24, 2.45) is 5.92 Å². The second-order valence-electron chi connectivity index (χ2n) is 7.13. The van der Waals surface area contributed by atoms with E-state index < -0.39 is 0 Å². The Bertz CT molecular complexity index is 736. The van der Waals surface area contributed by atoms with E-state index in [4.69, 9.17) is 5.73 Å². The Morgan fingerprint density at radius 1 is 1.35 bits per heavy atom. The van der Waals surface area contributed by atoms with Crippen molar-refractivity contribution in [3.05, 3.63) is 54.0 Å². The minimum atomic E-state index is -0.00119. The highest BCUT2D eigenvalue weighted by molar-refractivity contribution is 5.79. The molecule has 1 amide bonds. The fourth-order valence-corrected chi connectivity index (χ4v) is 3.51. The number of anilines is 1. The lowest BCUT2D eigenvalue weighted by molar-refractivity contribution is -0.134. The van der Waals surface area contributed by atoms with Crippen molar-refractivity contribution >= 4 is 11.7 Å². The number of nitrogens with two attached hydrogens (primary N) is 1. The summed E-state index contributed by atoms with van der Waals surface area (Å²) in [7, 11) is 2.05. The highest BCUT2D eigenvalue weighted by atomic mass is 16.2. The van der Waals surface area contributed by atoms with Gasteiger partial charge in [-0.3, -0.25) is 9.69 Å². The SMILES string of the molecule is CC(Cc1ccccc1)C(=O)N1CCC(N(C)Cc2nccc(N)n2)C1. The van der Waals surface area contributed by atoms with Crippen LogP contribution in [0.5, 0.6) is 0 Å². The van der Waals surface area contributed by atoms with Crippen molar-refractivity contribution in [1.82, 2.24) is 19.8 Å². The van der Waals surface area contributed by atoms with Gasteiger partial charge in [-0.05, 0) is 31.5 Å². The molecule has 0 aliphatic carbocycles. The third kappa shape index (κ3) is 4.58. The lowest BCUT2D eigenvalue weighted by Gasteiger charge is -2.25. The molecule has 0 radical (unpaired) electrons. The maximum absolute atomic E-state index is 12.8. The number of carbonyl (C=O) groups excluding carboxylic acids is 1. The Hall–Kier alpha value is -2.47. The van der Waals surface area contributed by atoms with E-state index in [9.17, 15) is 4.79 Å². The predicted octanol–water partition coefficient (Wildman–Crippen LogP) is 1.97. The number of nitrogen functional groups attached to an aromatic ring is 1. The molecule has 1 aliphatic rings. The van der Waals surface area contributed by atoms with Crippen LogP contribution in [-0.2, 0) is 17.8 Å². The smallest absolute Gasteiger partial charge is 0.225 e. The molecule has 0 saturated carbocycles. The zero-order valence-electron chi connectivity index (χ0n) is 15.5. The first kappa shape index (κ1) is 18.3. The van der Waals surface area contributed by atoms with Crippen LogP contribution in [0, 0.1) is 5.92 Å². The van der Waals surface area contributed by atoms with E-state index in [1.807, 2.05) is 30.0 Å². The normalized spacial score (nSPS) is 18.3. The number of benzene rings is 1. The summed E-state index contributed by atoms with van der Waals surface area (Å²) >= 11 is 0. The molecule has 26 heavy (non-hydrogen) atoms. The minimum Gasteiger partial charge on any atom is -0.384 e. The molecule has 2 atom stereocenters. The molecule has 6 nitrogen and oxygen atoms in total. The Morgan fingerprint density at radius 2 is 2.12 bits per heavy atom. The van der Waals surface area contributed by atoms with Crippen molar-refractivity contribution in [1.29, 1.82) is 0 Å². The zero-order valence-corrected chi connectivity index (χ0v) is 15.5. The van der Waals surface area contributed by atoms with E-state index in [1.165, 1.54) is 5.56 Å². The number of hydrogen-bond acceptors (Lipinski definition) is 5. The van der Waals surface area contributed by atoms with Crippen LogP contribution in [-0.4, -0.2) is 51.9 Å². The molecule has 2 heterocycles. The van der Waals surface area contributed by atoms with Crippen LogP contribution in [0.25, 0.3) is 0 Å². The van der Waals surface area contributed by atoms with E-state index in [-0.39, 0.29) is 11.8 Å². The average molecular weight is 353 g/mol. The van der Waals surface area contributed by atoms with Gasteiger partial charge in [0.05, 0.1) is 6.54 Å². The Balaban J connectivity index is 1.53. The quantitative estimate of drug-likeness (QED) is 0.859. The molecule has 3 rings (SSSR count). The summed E-state index contributed by atoms with van der Waals surface area (Å²) in [5, 5.41) is 0. The molecule has 1 aromatic heterocycles. The molecule has 6 heteroatoms.